The molecular formula is C13H18ClN3O2. The molecular weight excluding hydrogens is 266 g/mol. The van der Waals surface area contributed by atoms with Gasteiger partial charge in [-0.05, 0) is 25.1 Å². The van der Waals surface area contributed by atoms with Gasteiger partial charge in [-0.25, -0.2) is 0 Å². The highest BCUT2D eigenvalue weighted by atomic mass is 35.5. The maximum atomic E-state index is 12.0. The Labute approximate surface area is 117 Å². The molecule has 2 rings (SSSR count). The van der Waals surface area contributed by atoms with Gasteiger partial charge < -0.3 is 15.8 Å². The van der Waals surface area contributed by atoms with Gasteiger partial charge in [0.05, 0.1) is 31.1 Å². The van der Waals surface area contributed by atoms with Gasteiger partial charge in [-0.15, -0.1) is 0 Å². The Bertz CT molecular complexity index is 467. The van der Waals surface area contributed by atoms with Gasteiger partial charge in [-0.3, -0.25) is 9.69 Å². The predicted molar refractivity (Wildman–Crippen MR) is 76.3 cm³/mol. The Morgan fingerprint density at radius 1 is 1.63 bits per heavy atom. The van der Waals surface area contributed by atoms with E-state index in [0.29, 0.717) is 36.2 Å². The van der Waals surface area contributed by atoms with E-state index in [1.54, 1.807) is 18.2 Å². The first-order chi connectivity index (χ1) is 9.06. The third-order valence-corrected chi connectivity index (χ3v) is 3.37. The molecule has 1 heterocycles. The summed E-state index contributed by atoms with van der Waals surface area (Å²) in [6.45, 7) is 4.48. The molecule has 1 aromatic carbocycles. The smallest absolute Gasteiger partial charge is 0.238 e. The molecule has 6 heteroatoms. The summed E-state index contributed by atoms with van der Waals surface area (Å²) in [5.41, 5.74) is 6.86. The summed E-state index contributed by atoms with van der Waals surface area (Å²) in [5, 5.41) is 3.35. The minimum Gasteiger partial charge on any atom is -0.397 e. The number of ether oxygens (including phenoxy) is 1. The highest BCUT2D eigenvalue weighted by Gasteiger charge is 2.21. The van der Waals surface area contributed by atoms with Crippen molar-refractivity contribution in [3.8, 4) is 0 Å². The summed E-state index contributed by atoms with van der Waals surface area (Å²) in [4.78, 5) is 14.1. The van der Waals surface area contributed by atoms with Crippen molar-refractivity contribution >= 4 is 28.9 Å². The van der Waals surface area contributed by atoms with Gasteiger partial charge in [0.1, 0.15) is 0 Å². The summed E-state index contributed by atoms with van der Waals surface area (Å²) >= 11 is 5.81. The van der Waals surface area contributed by atoms with Gasteiger partial charge in [0.2, 0.25) is 5.91 Å². The maximum Gasteiger partial charge on any atom is 0.238 e. The number of nitrogens with zero attached hydrogens (tertiary/aromatic N) is 1. The zero-order valence-electron chi connectivity index (χ0n) is 10.9. The summed E-state index contributed by atoms with van der Waals surface area (Å²) in [7, 11) is 0. The fraction of sp³-hybridized carbons (Fsp3) is 0.462. The zero-order valence-corrected chi connectivity index (χ0v) is 11.6. The van der Waals surface area contributed by atoms with Crippen LogP contribution in [0.2, 0.25) is 5.02 Å². The van der Waals surface area contributed by atoms with Crippen LogP contribution in [0.3, 0.4) is 0 Å². The Morgan fingerprint density at radius 2 is 2.42 bits per heavy atom. The molecule has 0 saturated carbocycles. The first-order valence-electron chi connectivity index (χ1n) is 6.23. The predicted octanol–water partition coefficient (Wildman–Crippen LogP) is 1.58. The number of carbonyl (C=O) groups excluding carboxylic acids is 1. The van der Waals surface area contributed by atoms with Crippen LogP contribution in [0.5, 0.6) is 0 Å². The molecule has 0 aromatic heterocycles. The zero-order chi connectivity index (χ0) is 13.8. The second-order valence-corrected chi connectivity index (χ2v) is 5.11. The van der Waals surface area contributed by atoms with Crippen LogP contribution >= 0.6 is 11.6 Å². The Hall–Kier alpha value is -1.30. The van der Waals surface area contributed by atoms with Gasteiger partial charge >= 0.3 is 0 Å². The van der Waals surface area contributed by atoms with Crippen molar-refractivity contribution in [3.05, 3.63) is 23.2 Å². The van der Waals surface area contributed by atoms with E-state index in [1.807, 2.05) is 6.92 Å². The highest BCUT2D eigenvalue weighted by molar-refractivity contribution is 6.31. The minimum absolute atomic E-state index is 0.0808. The molecule has 1 aliphatic rings. The molecule has 5 nitrogen and oxygen atoms in total. The topological polar surface area (TPSA) is 67.6 Å². The number of morpholine rings is 1. The van der Waals surface area contributed by atoms with E-state index in [9.17, 15) is 4.79 Å². The Kier molecular flexibility index (Phi) is 4.63. The molecule has 1 atom stereocenters. The summed E-state index contributed by atoms with van der Waals surface area (Å²) in [5.74, 6) is -0.0808. The van der Waals surface area contributed by atoms with Crippen molar-refractivity contribution < 1.29 is 9.53 Å². The van der Waals surface area contributed by atoms with Crippen LogP contribution in [0.15, 0.2) is 18.2 Å². The molecule has 1 aromatic rings. The van der Waals surface area contributed by atoms with E-state index in [1.165, 1.54) is 0 Å². The number of hydrogen-bond acceptors (Lipinski definition) is 4. The molecule has 1 unspecified atom stereocenters. The number of anilines is 2. The van der Waals surface area contributed by atoms with Crippen molar-refractivity contribution in [1.82, 2.24) is 4.90 Å². The number of carbonyl (C=O) groups is 1. The van der Waals surface area contributed by atoms with Crippen LogP contribution in [-0.4, -0.2) is 43.2 Å². The number of rotatable bonds is 3. The number of halogens is 1. The van der Waals surface area contributed by atoms with Gasteiger partial charge in [0.25, 0.3) is 0 Å². The quantitative estimate of drug-likeness (QED) is 0.827. The van der Waals surface area contributed by atoms with Crippen molar-refractivity contribution in [2.24, 2.45) is 0 Å². The van der Waals surface area contributed by atoms with Crippen molar-refractivity contribution in [2.75, 3.05) is 37.4 Å². The molecule has 0 spiro atoms. The van der Waals surface area contributed by atoms with E-state index in [4.69, 9.17) is 22.1 Å². The third-order valence-electron chi connectivity index (χ3n) is 3.14. The molecule has 1 amide bonds. The fourth-order valence-electron chi connectivity index (χ4n) is 2.02. The molecule has 19 heavy (non-hydrogen) atoms. The van der Waals surface area contributed by atoms with Gasteiger partial charge in [-0.1, -0.05) is 11.6 Å². The van der Waals surface area contributed by atoms with Crippen LogP contribution in [0.1, 0.15) is 6.92 Å². The first kappa shape index (κ1) is 14.1. The average molecular weight is 284 g/mol. The lowest BCUT2D eigenvalue weighted by Crippen LogP contribution is -2.47. The van der Waals surface area contributed by atoms with E-state index in [0.717, 1.165) is 6.54 Å². The van der Waals surface area contributed by atoms with Crippen molar-refractivity contribution in [3.63, 3.8) is 0 Å². The van der Waals surface area contributed by atoms with Crippen molar-refractivity contribution in [1.29, 1.82) is 0 Å². The molecule has 0 bridgehead atoms. The number of benzene rings is 1. The van der Waals surface area contributed by atoms with E-state index in [-0.39, 0.29) is 11.9 Å². The van der Waals surface area contributed by atoms with Gasteiger partial charge in [-0.2, -0.15) is 0 Å². The monoisotopic (exact) mass is 283 g/mol. The Morgan fingerprint density at radius 3 is 3.11 bits per heavy atom. The lowest BCUT2D eigenvalue weighted by Gasteiger charge is -2.32. The lowest BCUT2D eigenvalue weighted by atomic mass is 10.2. The average Bonchev–Trinajstić information content (AvgIpc) is 2.36. The third kappa shape index (κ3) is 3.83. The normalized spacial score (nSPS) is 20.2. The lowest BCUT2D eigenvalue weighted by molar-refractivity contribution is -0.119. The molecule has 1 saturated heterocycles. The number of nitrogens with one attached hydrogen (secondary N) is 1. The van der Waals surface area contributed by atoms with Gasteiger partial charge in [0.15, 0.2) is 0 Å². The fourth-order valence-corrected chi connectivity index (χ4v) is 2.20. The summed E-state index contributed by atoms with van der Waals surface area (Å²) in [6, 6.07) is 5.28. The SMILES string of the molecule is CC1COCCN1CC(=O)Nc1ccc(Cl)cc1N. The van der Waals surface area contributed by atoms with Crippen LogP contribution in [0.4, 0.5) is 11.4 Å². The van der Waals surface area contributed by atoms with E-state index >= 15 is 0 Å². The van der Waals surface area contributed by atoms with E-state index < -0.39 is 0 Å². The maximum absolute atomic E-state index is 12.0. The minimum atomic E-state index is -0.0808. The van der Waals surface area contributed by atoms with Crippen LogP contribution < -0.4 is 11.1 Å². The number of nitrogen functional groups attached to an aromatic ring is 1. The molecule has 1 aliphatic heterocycles. The summed E-state index contributed by atoms with van der Waals surface area (Å²) < 4.78 is 5.34. The van der Waals surface area contributed by atoms with Crippen LogP contribution in [0, 0.1) is 0 Å². The Balaban J connectivity index is 1.93. The number of amides is 1. The summed E-state index contributed by atoms with van der Waals surface area (Å²) in [6.07, 6.45) is 0. The largest absolute Gasteiger partial charge is 0.397 e. The highest BCUT2D eigenvalue weighted by Crippen LogP contribution is 2.22. The second-order valence-electron chi connectivity index (χ2n) is 4.67. The standard InChI is InChI=1S/C13H18ClN3O2/c1-9-8-19-5-4-17(9)7-13(18)16-12-3-2-10(14)6-11(12)15/h2-3,6,9H,4-5,7-8,15H2,1H3,(H,16,18). The molecule has 0 aliphatic carbocycles. The second kappa shape index (κ2) is 6.23. The molecule has 104 valence electrons. The van der Waals surface area contributed by atoms with Crippen LogP contribution in [0.25, 0.3) is 0 Å². The molecule has 0 radical (unpaired) electrons. The number of nitrogens with two attached hydrogens (primary N) is 1. The van der Waals surface area contributed by atoms with E-state index in [2.05, 4.69) is 10.2 Å². The molecule has 1 fully saturated rings. The first-order valence-corrected chi connectivity index (χ1v) is 6.60. The number of hydrogen-bond donors (Lipinski definition) is 2. The van der Waals surface area contributed by atoms with Crippen LogP contribution in [-0.2, 0) is 9.53 Å². The van der Waals surface area contributed by atoms with Crippen molar-refractivity contribution in [2.45, 2.75) is 13.0 Å². The molecule has 3 N–H and O–H groups in total. The van der Waals surface area contributed by atoms with Gasteiger partial charge in [0, 0.05) is 17.6 Å².